The van der Waals surface area contributed by atoms with Crippen LogP contribution in [0.4, 0.5) is 5.69 Å². The third-order valence-corrected chi connectivity index (χ3v) is 8.42. The molecule has 5 nitrogen and oxygen atoms in total. The first-order valence-corrected chi connectivity index (χ1v) is 14.8. The van der Waals surface area contributed by atoms with Crippen LogP contribution in [-0.4, -0.2) is 36.0 Å². The van der Waals surface area contributed by atoms with Gasteiger partial charge in [0, 0.05) is 31.2 Å². The monoisotopic (exact) mass is 555 g/mol. The summed E-state index contributed by atoms with van der Waals surface area (Å²) in [6.07, 6.45) is 5.49. The minimum Gasteiger partial charge on any atom is -0.497 e. The van der Waals surface area contributed by atoms with Gasteiger partial charge < -0.3 is 15.0 Å². The Morgan fingerprint density at radius 1 is 0.833 bits per heavy atom. The topological polar surface area (TPSA) is 54.5 Å². The predicted octanol–water partition coefficient (Wildman–Crippen LogP) is 7.66. The van der Waals surface area contributed by atoms with Crippen molar-refractivity contribution >= 4 is 22.5 Å². The molecule has 5 heteroatoms. The average Bonchev–Trinajstić information content (AvgIpc) is 3.07. The molecule has 1 saturated heterocycles. The summed E-state index contributed by atoms with van der Waals surface area (Å²) < 4.78 is 5.31. The van der Waals surface area contributed by atoms with Gasteiger partial charge in [-0.1, -0.05) is 91.0 Å². The molecule has 1 N–H and O–H groups in total. The molecule has 0 saturated carbocycles. The van der Waals surface area contributed by atoms with E-state index >= 15 is 0 Å². The number of pyridine rings is 1. The summed E-state index contributed by atoms with van der Waals surface area (Å²) in [5.74, 6) is 1.41. The summed E-state index contributed by atoms with van der Waals surface area (Å²) in [4.78, 5) is 20.9. The lowest BCUT2D eigenvalue weighted by Gasteiger charge is -2.33. The maximum Gasteiger partial charge on any atom is 0.257 e. The van der Waals surface area contributed by atoms with Crippen LogP contribution < -0.4 is 10.1 Å². The van der Waals surface area contributed by atoms with Crippen LogP contribution in [0.2, 0.25) is 0 Å². The van der Waals surface area contributed by atoms with Gasteiger partial charge in [-0.2, -0.15) is 0 Å². The van der Waals surface area contributed by atoms with Crippen LogP contribution in [0, 0.1) is 0 Å². The second kappa shape index (κ2) is 12.9. The number of ether oxygens (including phenoxy) is 1. The summed E-state index contributed by atoms with van der Waals surface area (Å²) in [5.41, 5.74) is 7.41. The van der Waals surface area contributed by atoms with Gasteiger partial charge in [0.05, 0.1) is 23.9 Å². The van der Waals surface area contributed by atoms with E-state index in [2.05, 4.69) is 78.1 Å². The molecule has 1 aromatic heterocycles. The Balaban J connectivity index is 1.27. The lowest BCUT2D eigenvalue weighted by atomic mass is 9.89. The number of hydrogen-bond acceptors (Lipinski definition) is 4. The van der Waals surface area contributed by atoms with Crippen LogP contribution in [0.1, 0.15) is 51.4 Å². The summed E-state index contributed by atoms with van der Waals surface area (Å²) in [6.45, 7) is 2.12. The molecule has 2 heterocycles. The number of fused-ring (bicyclic) bond motifs is 1. The fourth-order valence-corrected chi connectivity index (χ4v) is 6.01. The van der Waals surface area contributed by atoms with Gasteiger partial charge in [-0.15, -0.1) is 0 Å². The molecule has 0 unspecified atom stereocenters. The van der Waals surface area contributed by atoms with Crippen LogP contribution in [0.3, 0.4) is 0 Å². The molecule has 1 fully saturated rings. The number of aryl methyl sites for hydroxylation is 2. The number of para-hydroxylation sites is 1. The molecule has 5 aromatic rings. The molecule has 1 amide bonds. The summed E-state index contributed by atoms with van der Waals surface area (Å²) in [7, 11) is 1.69. The second-order valence-electron chi connectivity index (χ2n) is 11.0. The van der Waals surface area contributed by atoms with Crippen molar-refractivity contribution in [1.82, 2.24) is 9.88 Å². The molecule has 4 aromatic carbocycles. The van der Waals surface area contributed by atoms with Gasteiger partial charge in [0.25, 0.3) is 5.91 Å². The summed E-state index contributed by atoms with van der Waals surface area (Å²) in [6, 6.07) is 35.5. The Kier molecular flexibility index (Phi) is 8.46. The number of nitrogens with one attached hydrogen (secondary N) is 1. The van der Waals surface area contributed by atoms with Crippen molar-refractivity contribution in [2.45, 2.75) is 38.1 Å². The van der Waals surface area contributed by atoms with E-state index in [-0.39, 0.29) is 5.91 Å². The normalized spacial score (nSPS) is 13.7. The number of likely N-dealkylation sites (tertiary alicyclic amines) is 1. The number of carbonyl (C=O) groups excluding carboxylic acids is 1. The Hall–Kier alpha value is -4.64. The zero-order chi connectivity index (χ0) is 28.7. The van der Waals surface area contributed by atoms with E-state index in [1.54, 1.807) is 13.3 Å². The van der Waals surface area contributed by atoms with Gasteiger partial charge in [0.15, 0.2) is 0 Å². The molecule has 0 radical (unpaired) electrons. The SMILES string of the molecule is COc1ccc(CCc2cccc3c(NCc4ccccc4)c(C(=O)N4CCC(c5ccccc5)CC4)cnc23)cc1. The Morgan fingerprint density at radius 2 is 1.55 bits per heavy atom. The van der Waals surface area contributed by atoms with E-state index in [0.29, 0.717) is 18.0 Å². The average molecular weight is 556 g/mol. The Bertz CT molecular complexity index is 1630. The third-order valence-electron chi connectivity index (χ3n) is 8.42. The number of rotatable bonds is 9. The van der Waals surface area contributed by atoms with Crippen LogP contribution in [0.25, 0.3) is 10.9 Å². The van der Waals surface area contributed by atoms with E-state index < -0.39 is 0 Å². The number of benzene rings is 4. The molecule has 42 heavy (non-hydrogen) atoms. The number of aromatic nitrogens is 1. The first-order valence-electron chi connectivity index (χ1n) is 14.8. The molecule has 6 rings (SSSR count). The fourth-order valence-electron chi connectivity index (χ4n) is 6.01. The highest BCUT2D eigenvalue weighted by Gasteiger charge is 2.27. The Labute approximate surface area is 248 Å². The maximum atomic E-state index is 14.0. The van der Waals surface area contributed by atoms with Crippen molar-refractivity contribution in [1.29, 1.82) is 0 Å². The molecular formula is C37H37N3O2. The molecule has 1 aliphatic rings. The minimum absolute atomic E-state index is 0.0510. The molecule has 0 bridgehead atoms. The zero-order valence-electron chi connectivity index (χ0n) is 24.1. The van der Waals surface area contributed by atoms with Crippen molar-refractivity contribution in [2.75, 3.05) is 25.5 Å². The number of anilines is 1. The summed E-state index contributed by atoms with van der Waals surface area (Å²) in [5, 5.41) is 4.63. The van der Waals surface area contributed by atoms with E-state index in [4.69, 9.17) is 9.72 Å². The highest BCUT2D eigenvalue weighted by atomic mass is 16.5. The highest BCUT2D eigenvalue weighted by molar-refractivity contribution is 6.07. The van der Waals surface area contributed by atoms with Crippen molar-refractivity contribution in [2.24, 2.45) is 0 Å². The minimum atomic E-state index is 0.0510. The van der Waals surface area contributed by atoms with Gasteiger partial charge in [0.1, 0.15) is 5.75 Å². The third kappa shape index (κ3) is 6.15. The maximum absolute atomic E-state index is 14.0. The van der Waals surface area contributed by atoms with E-state index in [1.807, 2.05) is 35.2 Å². The van der Waals surface area contributed by atoms with Gasteiger partial charge in [-0.25, -0.2) is 0 Å². The number of carbonyl (C=O) groups is 1. The number of methoxy groups -OCH3 is 1. The molecule has 0 aliphatic carbocycles. The largest absolute Gasteiger partial charge is 0.497 e. The number of piperidine rings is 1. The first kappa shape index (κ1) is 27.5. The number of amides is 1. The smallest absolute Gasteiger partial charge is 0.257 e. The van der Waals surface area contributed by atoms with Crippen molar-refractivity contribution < 1.29 is 9.53 Å². The number of nitrogens with zero attached hydrogens (tertiary/aromatic N) is 2. The van der Waals surface area contributed by atoms with Crippen molar-refractivity contribution in [3.8, 4) is 5.75 Å². The van der Waals surface area contributed by atoms with E-state index in [1.165, 1.54) is 22.3 Å². The van der Waals surface area contributed by atoms with Crippen LogP contribution in [0.15, 0.2) is 109 Å². The van der Waals surface area contributed by atoms with Crippen molar-refractivity contribution in [3.05, 3.63) is 137 Å². The zero-order valence-corrected chi connectivity index (χ0v) is 24.1. The fraction of sp³-hybridized carbons (Fsp3) is 0.243. The van der Waals surface area contributed by atoms with Crippen LogP contribution >= 0.6 is 0 Å². The van der Waals surface area contributed by atoms with Crippen LogP contribution in [-0.2, 0) is 19.4 Å². The lowest BCUT2D eigenvalue weighted by Crippen LogP contribution is -2.38. The van der Waals surface area contributed by atoms with E-state index in [0.717, 1.165) is 61.1 Å². The molecule has 1 aliphatic heterocycles. The van der Waals surface area contributed by atoms with Gasteiger partial charge in [-0.3, -0.25) is 9.78 Å². The molecular weight excluding hydrogens is 518 g/mol. The summed E-state index contributed by atoms with van der Waals surface area (Å²) >= 11 is 0. The molecule has 0 spiro atoms. The van der Waals surface area contributed by atoms with Gasteiger partial charge >= 0.3 is 0 Å². The highest BCUT2D eigenvalue weighted by Crippen LogP contribution is 2.33. The van der Waals surface area contributed by atoms with Gasteiger partial charge in [0.2, 0.25) is 0 Å². The second-order valence-corrected chi connectivity index (χ2v) is 11.0. The standard InChI is InChI=1S/C37H37N3O2/c1-42-32-19-16-27(17-20-32)15-18-31-13-8-14-33-35(31)39-26-34(36(33)38-25-28-9-4-2-5-10-28)37(41)40-23-21-30(22-24-40)29-11-6-3-7-12-29/h2-14,16-17,19-20,26,30H,15,18,21-25H2,1H3,(H,38,39). The van der Waals surface area contributed by atoms with Gasteiger partial charge in [-0.05, 0) is 66.0 Å². The van der Waals surface area contributed by atoms with Crippen LogP contribution in [0.5, 0.6) is 5.75 Å². The molecule has 212 valence electrons. The predicted molar refractivity (Wildman–Crippen MR) is 170 cm³/mol. The Morgan fingerprint density at radius 3 is 2.26 bits per heavy atom. The van der Waals surface area contributed by atoms with E-state index in [9.17, 15) is 4.79 Å². The first-order chi connectivity index (χ1) is 20.7. The lowest BCUT2D eigenvalue weighted by molar-refractivity contribution is 0.0713. The van der Waals surface area contributed by atoms with Crippen molar-refractivity contribution in [3.63, 3.8) is 0 Å². The molecule has 0 atom stereocenters. The number of hydrogen-bond donors (Lipinski definition) is 1. The quantitative estimate of drug-likeness (QED) is 0.203.